The minimum atomic E-state index is -0.370. The predicted molar refractivity (Wildman–Crippen MR) is 58.9 cm³/mol. The van der Waals surface area contributed by atoms with Crippen molar-refractivity contribution in [1.29, 1.82) is 0 Å². The van der Waals surface area contributed by atoms with Crippen LogP contribution < -0.4 is 0 Å². The third-order valence-electron chi connectivity index (χ3n) is 3.00. The van der Waals surface area contributed by atoms with Crippen LogP contribution in [0.3, 0.4) is 0 Å². The van der Waals surface area contributed by atoms with E-state index in [9.17, 15) is 4.79 Å². The largest absolute Gasteiger partial charge is 0.347 e. The van der Waals surface area contributed by atoms with Gasteiger partial charge in [0.25, 0.3) is 0 Å². The highest BCUT2D eigenvalue weighted by Gasteiger charge is 2.40. The van der Waals surface area contributed by atoms with E-state index >= 15 is 0 Å². The lowest BCUT2D eigenvalue weighted by Gasteiger charge is -2.37. The highest BCUT2D eigenvalue weighted by Crippen LogP contribution is 2.31. The zero-order valence-corrected chi connectivity index (χ0v) is 10.3. The van der Waals surface area contributed by atoms with E-state index in [4.69, 9.17) is 9.47 Å². The summed E-state index contributed by atoms with van der Waals surface area (Å²) in [6.07, 6.45) is 2.19. The second kappa shape index (κ2) is 4.80. The summed E-state index contributed by atoms with van der Waals surface area (Å²) in [6.45, 7) is 2.89. The summed E-state index contributed by atoms with van der Waals surface area (Å²) in [5.41, 5.74) is 0. The Morgan fingerprint density at radius 1 is 1.27 bits per heavy atom. The Morgan fingerprint density at radius 3 is 2.40 bits per heavy atom. The highest BCUT2D eigenvalue weighted by molar-refractivity contribution is 9.09. The van der Waals surface area contributed by atoms with Gasteiger partial charge in [-0.3, -0.25) is 4.79 Å². The van der Waals surface area contributed by atoms with E-state index in [-0.39, 0.29) is 11.7 Å². The van der Waals surface area contributed by atoms with Crippen molar-refractivity contribution in [2.75, 3.05) is 31.6 Å². The smallest absolute Gasteiger partial charge is 0.223 e. The van der Waals surface area contributed by atoms with Gasteiger partial charge in [-0.1, -0.05) is 15.9 Å². The van der Waals surface area contributed by atoms with E-state index in [1.807, 2.05) is 4.90 Å². The Balaban J connectivity index is 1.83. The molecule has 0 saturated carbocycles. The molecule has 0 unspecified atom stereocenters. The average Bonchev–Trinajstić information content (AvgIpc) is 2.68. The molecule has 0 bridgehead atoms. The van der Waals surface area contributed by atoms with Crippen molar-refractivity contribution >= 4 is 21.8 Å². The highest BCUT2D eigenvalue weighted by atomic mass is 79.9. The molecule has 2 fully saturated rings. The van der Waals surface area contributed by atoms with E-state index in [0.717, 1.165) is 31.3 Å². The van der Waals surface area contributed by atoms with Gasteiger partial charge < -0.3 is 14.4 Å². The zero-order chi connectivity index (χ0) is 10.7. The molecule has 1 amide bonds. The number of ether oxygens (including phenoxy) is 2. The number of alkyl halides is 1. The second-order valence-electron chi connectivity index (χ2n) is 3.93. The first-order valence-electron chi connectivity index (χ1n) is 5.37. The van der Waals surface area contributed by atoms with Crippen molar-refractivity contribution in [3.8, 4) is 0 Å². The molecular formula is C10H16BrNO3. The van der Waals surface area contributed by atoms with Crippen LogP contribution in [0, 0.1) is 0 Å². The van der Waals surface area contributed by atoms with Crippen LogP contribution in [0.4, 0.5) is 0 Å². The summed E-state index contributed by atoms with van der Waals surface area (Å²) in [7, 11) is 0. The lowest BCUT2D eigenvalue weighted by atomic mass is 10.0. The standard InChI is InChI=1S/C10H16BrNO3/c11-4-1-9(13)12-5-2-10(3-6-12)14-7-8-15-10/h1-8H2. The molecule has 1 spiro atoms. The first kappa shape index (κ1) is 11.4. The van der Waals surface area contributed by atoms with Gasteiger partial charge >= 0.3 is 0 Å². The van der Waals surface area contributed by atoms with Gasteiger partial charge in [-0.2, -0.15) is 0 Å². The van der Waals surface area contributed by atoms with E-state index in [0.29, 0.717) is 19.6 Å². The molecular weight excluding hydrogens is 262 g/mol. The molecule has 15 heavy (non-hydrogen) atoms. The Kier molecular flexibility index (Phi) is 3.64. The van der Waals surface area contributed by atoms with Gasteiger partial charge in [0.1, 0.15) is 0 Å². The van der Waals surface area contributed by atoms with Crippen LogP contribution in [0.1, 0.15) is 19.3 Å². The van der Waals surface area contributed by atoms with Crippen molar-refractivity contribution in [3.05, 3.63) is 0 Å². The Bertz CT molecular complexity index is 231. The molecule has 0 atom stereocenters. The number of piperidine rings is 1. The molecule has 0 radical (unpaired) electrons. The van der Waals surface area contributed by atoms with Crippen molar-refractivity contribution < 1.29 is 14.3 Å². The van der Waals surface area contributed by atoms with E-state index < -0.39 is 0 Å². The van der Waals surface area contributed by atoms with Crippen molar-refractivity contribution in [2.45, 2.75) is 25.0 Å². The maximum absolute atomic E-state index is 11.6. The number of amides is 1. The summed E-state index contributed by atoms with van der Waals surface area (Å²) in [4.78, 5) is 13.5. The SMILES string of the molecule is O=C(CCBr)N1CCC2(CC1)OCCO2. The maximum Gasteiger partial charge on any atom is 0.223 e. The Hall–Kier alpha value is -0.130. The molecule has 0 aliphatic carbocycles. The zero-order valence-electron chi connectivity index (χ0n) is 8.71. The summed E-state index contributed by atoms with van der Waals surface area (Å²) >= 11 is 3.28. The first-order chi connectivity index (χ1) is 7.26. The van der Waals surface area contributed by atoms with Crippen molar-refractivity contribution in [3.63, 3.8) is 0 Å². The average molecular weight is 278 g/mol. The maximum atomic E-state index is 11.6. The van der Waals surface area contributed by atoms with Crippen LogP contribution >= 0.6 is 15.9 Å². The third kappa shape index (κ3) is 2.52. The molecule has 2 rings (SSSR count). The number of hydrogen-bond acceptors (Lipinski definition) is 3. The fourth-order valence-corrected chi connectivity index (χ4v) is 2.46. The Morgan fingerprint density at radius 2 is 1.87 bits per heavy atom. The van der Waals surface area contributed by atoms with Crippen LogP contribution in [-0.4, -0.2) is 48.2 Å². The number of halogens is 1. The van der Waals surface area contributed by atoms with Gasteiger partial charge in [-0.05, 0) is 0 Å². The molecule has 0 aromatic carbocycles. The summed E-state index contributed by atoms with van der Waals surface area (Å²) in [5, 5.41) is 0.737. The predicted octanol–water partition coefficient (Wildman–Crippen LogP) is 1.14. The first-order valence-corrected chi connectivity index (χ1v) is 6.50. The molecule has 2 aliphatic heterocycles. The van der Waals surface area contributed by atoms with Crippen LogP contribution in [-0.2, 0) is 14.3 Å². The lowest BCUT2D eigenvalue weighted by Crippen LogP contribution is -2.47. The van der Waals surface area contributed by atoms with Crippen LogP contribution in [0.15, 0.2) is 0 Å². The van der Waals surface area contributed by atoms with Gasteiger partial charge in [-0.25, -0.2) is 0 Å². The fourth-order valence-electron chi connectivity index (χ4n) is 2.12. The molecule has 5 heteroatoms. The van der Waals surface area contributed by atoms with Gasteiger partial charge in [-0.15, -0.1) is 0 Å². The third-order valence-corrected chi connectivity index (χ3v) is 3.40. The molecule has 4 nitrogen and oxygen atoms in total. The number of carbonyl (C=O) groups excluding carboxylic acids is 1. The number of likely N-dealkylation sites (tertiary alicyclic amines) is 1. The number of nitrogens with zero attached hydrogens (tertiary/aromatic N) is 1. The molecule has 2 saturated heterocycles. The second-order valence-corrected chi connectivity index (χ2v) is 4.72. The van der Waals surface area contributed by atoms with Crippen LogP contribution in [0.2, 0.25) is 0 Å². The summed E-state index contributed by atoms with van der Waals surface area (Å²) < 4.78 is 11.2. The molecule has 0 N–H and O–H groups in total. The topological polar surface area (TPSA) is 38.8 Å². The number of hydrogen-bond donors (Lipinski definition) is 0. The molecule has 2 heterocycles. The molecule has 2 aliphatic rings. The van der Waals surface area contributed by atoms with Gasteiger partial charge in [0, 0.05) is 37.7 Å². The normalized spacial score (nSPS) is 24.7. The Labute approximate surface area is 98.0 Å². The quantitative estimate of drug-likeness (QED) is 0.711. The molecule has 0 aromatic heterocycles. The van der Waals surface area contributed by atoms with Gasteiger partial charge in [0.15, 0.2) is 5.79 Å². The minimum absolute atomic E-state index is 0.222. The summed E-state index contributed by atoms with van der Waals surface area (Å²) in [6, 6.07) is 0. The monoisotopic (exact) mass is 277 g/mol. The molecule has 86 valence electrons. The van der Waals surface area contributed by atoms with Crippen molar-refractivity contribution in [2.24, 2.45) is 0 Å². The van der Waals surface area contributed by atoms with E-state index in [2.05, 4.69) is 15.9 Å². The van der Waals surface area contributed by atoms with E-state index in [1.54, 1.807) is 0 Å². The van der Waals surface area contributed by atoms with Crippen molar-refractivity contribution in [1.82, 2.24) is 4.90 Å². The van der Waals surface area contributed by atoms with Crippen LogP contribution in [0.5, 0.6) is 0 Å². The van der Waals surface area contributed by atoms with Crippen LogP contribution in [0.25, 0.3) is 0 Å². The molecule has 0 aromatic rings. The van der Waals surface area contributed by atoms with Gasteiger partial charge in [0.2, 0.25) is 5.91 Å². The lowest BCUT2D eigenvalue weighted by molar-refractivity contribution is -0.187. The number of rotatable bonds is 2. The number of carbonyl (C=O) groups is 1. The van der Waals surface area contributed by atoms with E-state index in [1.165, 1.54) is 0 Å². The minimum Gasteiger partial charge on any atom is -0.347 e. The van der Waals surface area contributed by atoms with Gasteiger partial charge in [0.05, 0.1) is 13.2 Å². The fraction of sp³-hybridized carbons (Fsp3) is 0.900. The summed E-state index contributed by atoms with van der Waals surface area (Å²) in [5.74, 6) is -0.148.